The number of rotatable bonds is 3. The summed E-state index contributed by atoms with van der Waals surface area (Å²) in [7, 11) is 0. The summed E-state index contributed by atoms with van der Waals surface area (Å²) in [5.41, 5.74) is 2.49. The predicted octanol–water partition coefficient (Wildman–Crippen LogP) is 3.86. The number of hydrogen-bond donors (Lipinski definition) is 1. The third-order valence-corrected chi connectivity index (χ3v) is 3.97. The molecule has 1 N–H and O–H groups in total. The second-order valence-corrected chi connectivity index (χ2v) is 6.86. The summed E-state index contributed by atoms with van der Waals surface area (Å²) in [6.45, 7) is 6.72. The molecule has 24 heavy (non-hydrogen) atoms. The molecule has 1 amide bonds. The van der Waals surface area contributed by atoms with Crippen LogP contribution in [0.25, 0.3) is 10.8 Å². The van der Waals surface area contributed by atoms with E-state index in [9.17, 15) is 4.79 Å². The van der Waals surface area contributed by atoms with Crippen molar-refractivity contribution in [2.75, 3.05) is 0 Å². The summed E-state index contributed by atoms with van der Waals surface area (Å²) >= 11 is 0. The van der Waals surface area contributed by atoms with E-state index in [2.05, 4.69) is 36.1 Å². The van der Waals surface area contributed by atoms with Gasteiger partial charge in [-0.15, -0.1) is 0 Å². The zero-order valence-corrected chi connectivity index (χ0v) is 14.2. The Balaban J connectivity index is 1.84. The summed E-state index contributed by atoms with van der Waals surface area (Å²) in [5.74, 6) is -0.0875. The highest BCUT2D eigenvalue weighted by molar-refractivity contribution is 6.06. The highest BCUT2D eigenvalue weighted by atomic mass is 16.1. The maximum absolute atomic E-state index is 12.6. The topological polar surface area (TPSA) is 54.9 Å². The Morgan fingerprint density at radius 1 is 1.08 bits per heavy atom. The van der Waals surface area contributed by atoms with Crippen LogP contribution in [0.5, 0.6) is 0 Å². The molecule has 0 spiro atoms. The number of nitrogens with zero attached hydrogens (tertiary/aromatic N) is 2. The molecule has 0 aliphatic rings. The van der Waals surface area contributed by atoms with Gasteiger partial charge in [0.05, 0.1) is 5.69 Å². The molecule has 0 atom stereocenters. The van der Waals surface area contributed by atoms with Gasteiger partial charge in [-0.2, -0.15) is 0 Å². The zero-order valence-electron chi connectivity index (χ0n) is 14.2. The van der Waals surface area contributed by atoms with Crippen LogP contribution in [0.4, 0.5) is 0 Å². The summed E-state index contributed by atoms with van der Waals surface area (Å²) < 4.78 is 0. The molecule has 0 aliphatic heterocycles. The summed E-state index contributed by atoms with van der Waals surface area (Å²) in [6.07, 6.45) is 3.33. The van der Waals surface area contributed by atoms with E-state index in [0.717, 1.165) is 22.0 Å². The molecule has 0 aliphatic carbocycles. The van der Waals surface area contributed by atoms with Crippen LogP contribution in [-0.2, 0) is 12.0 Å². The summed E-state index contributed by atoms with van der Waals surface area (Å²) in [4.78, 5) is 21.1. The maximum atomic E-state index is 12.6. The molecule has 122 valence electrons. The van der Waals surface area contributed by atoms with Gasteiger partial charge in [0.2, 0.25) is 0 Å². The van der Waals surface area contributed by atoms with E-state index in [1.54, 1.807) is 12.5 Å². The molecular formula is C20H21N3O. The van der Waals surface area contributed by atoms with Gasteiger partial charge in [-0.05, 0) is 16.8 Å². The first-order valence-corrected chi connectivity index (χ1v) is 8.02. The van der Waals surface area contributed by atoms with Gasteiger partial charge < -0.3 is 5.32 Å². The molecule has 0 fully saturated rings. The van der Waals surface area contributed by atoms with Crippen LogP contribution in [0.1, 0.15) is 42.4 Å². The second-order valence-electron chi connectivity index (χ2n) is 6.86. The second kappa shape index (κ2) is 6.40. The quantitative estimate of drug-likeness (QED) is 0.797. The van der Waals surface area contributed by atoms with Crippen LogP contribution < -0.4 is 5.32 Å². The predicted molar refractivity (Wildman–Crippen MR) is 95.9 cm³/mol. The van der Waals surface area contributed by atoms with Crippen molar-refractivity contribution in [1.82, 2.24) is 15.3 Å². The van der Waals surface area contributed by atoms with E-state index in [1.165, 1.54) is 0 Å². The van der Waals surface area contributed by atoms with E-state index < -0.39 is 0 Å². The molecule has 3 aromatic rings. The van der Waals surface area contributed by atoms with Gasteiger partial charge in [-0.25, -0.2) is 9.97 Å². The first-order valence-electron chi connectivity index (χ1n) is 8.02. The average Bonchev–Trinajstić information content (AvgIpc) is 2.58. The first kappa shape index (κ1) is 16.1. The monoisotopic (exact) mass is 319 g/mol. The molecule has 4 nitrogen and oxygen atoms in total. The maximum Gasteiger partial charge on any atom is 0.252 e. The third-order valence-electron chi connectivity index (χ3n) is 3.97. The molecule has 4 heteroatoms. The lowest BCUT2D eigenvalue weighted by Crippen LogP contribution is -2.26. The zero-order chi connectivity index (χ0) is 17.2. The number of aromatic nitrogens is 2. The van der Waals surface area contributed by atoms with Crippen molar-refractivity contribution in [1.29, 1.82) is 0 Å². The van der Waals surface area contributed by atoms with Crippen molar-refractivity contribution < 1.29 is 4.79 Å². The van der Waals surface area contributed by atoms with Crippen molar-refractivity contribution in [2.45, 2.75) is 32.7 Å². The molecule has 0 radical (unpaired) electrons. The Bertz CT molecular complexity index is 876. The normalized spacial score (nSPS) is 11.5. The van der Waals surface area contributed by atoms with Gasteiger partial charge in [0, 0.05) is 29.3 Å². The van der Waals surface area contributed by atoms with Crippen LogP contribution in [0.15, 0.2) is 55.0 Å². The Labute approximate surface area is 142 Å². The number of carbonyl (C=O) groups is 1. The minimum absolute atomic E-state index is 0.0875. The van der Waals surface area contributed by atoms with Crippen LogP contribution >= 0.6 is 0 Å². The third kappa shape index (κ3) is 3.27. The largest absolute Gasteiger partial charge is 0.348 e. The standard InChI is InChI=1S/C20H21N3O/c1-20(2,3)18-15(11-21-13-23-18)12-22-19(24)17-10-6-8-14-7-4-5-9-16(14)17/h4-11,13H,12H2,1-3H3,(H,22,24). The molecule has 3 rings (SSSR count). The average molecular weight is 319 g/mol. The number of nitrogens with one attached hydrogen (secondary N) is 1. The Hall–Kier alpha value is -2.75. The van der Waals surface area contributed by atoms with Gasteiger partial charge >= 0.3 is 0 Å². The fourth-order valence-electron chi connectivity index (χ4n) is 2.86. The Kier molecular flexibility index (Phi) is 4.30. The van der Waals surface area contributed by atoms with E-state index in [0.29, 0.717) is 12.1 Å². The molecule has 0 saturated heterocycles. The van der Waals surface area contributed by atoms with E-state index >= 15 is 0 Å². The highest BCUT2D eigenvalue weighted by Gasteiger charge is 2.20. The van der Waals surface area contributed by atoms with Gasteiger partial charge in [0.25, 0.3) is 5.91 Å². The van der Waals surface area contributed by atoms with Crippen molar-refractivity contribution in [3.05, 3.63) is 71.8 Å². The SMILES string of the molecule is CC(C)(C)c1ncncc1CNC(=O)c1cccc2ccccc12. The van der Waals surface area contributed by atoms with Gasteiger partial charge in [-0.3, -0.25) is 4.79 Å². The van der Waals surface area contributed by atoms with E-state index in [4.69, 9.17) is 0 Å². The minimum Gasteiger partial charge on any atom is -0.348 e. The lowest BCUT2D eigenvalue weighted by Gasteiger charge is -2.21. The molecule has 0 unspecified atom stereocenters. The van der Waals surface area contributed by atoms with Crippen LogP contribution in [-0.4, -0.2) is 15.9 Å². The fourth-order valence-corrected chi connectivity index (χ4v) is 2.86. The summed E-state index contributed by atoms with van der Waals surface area (Å²) in [6, 6.07) is 13.7. The van der Waals surface area contributed by atoms with Crippen molar-refractivity contribution in [2.24, 2.45) is 0 Å². The number of carbonyl (C=O) groups excluding carboxylic acids is 1. The molecule has 2 aromatic carbocycles. The molecule has 0 bridgehead atoms. The lowest BCUT2D eigenvalue weighted by atomic mass is 9.89. The van der Waals surface area contributed by atoms with Crippen molar-refractivity contribution in [3.63, 3.8) is 0 Å². The van der Waals surface area contributed by atoms with Crippen LogP contribution in [0.3, 0.4) is 0 Å². The molecule has 1 heterocycles. The van der Waals surface area contributed by atoms with E-state index in [-0.39, 0.29) is 11.3 Å². The highest BCUT2D eigenvalue weighted by Crippen LogP contribution is 2.23. The van der Waals surface area contributed by atoms with Crippen LogP contribution in [0, 0.1) is 0 Å². The molecule has 1 aromatic heterocycles. The Morgan fingerprint density at radius 2 is 1.83 bits per heavy atom. The lowest BCUT2D eigenvalue weighted by molar-refractivity contribution is 0.0952. The molecular weight excluding hydrogens is 298 g/mol. The number of benzene rings is 2. The fraction of sp³-hybridized carbons (Fsp3) is 0.250. The van der Waals surface area contributed by atoms with Crippen molar-refractivity contribution in [3.8, 4) is 0 Å². The number of amides is 1. The smallest absolute Gasteiger partial charge is 0.252 e. The summed E-state index contributed by atoms with van der Waals surface area (Å²) in [5, 5.41) is 5.02. The van der Waals surface area contributed by atoms with Gasteiger partial charge in [-0.1, -0.05) is 57.2 Å². The van der Waals surface area contributed by atoms with Crippen molar-refractivity contribution >= 4 is 16.7 Å². The first-order chi connectivity index (χ1) is 11.5. The molecule has 0 saturated carbocycles. The van der Waals surface area contributed by atoms with E-state index in [1.807, 2.05) is 42.5 Å². The Morgan fingerprint density at radius 3 is 2.62 bits per heavy atom. The van der Waals surface area contributed by atoms with Gasteiger partial charge in [0.1, 0.15) is 6.33 Å². The number of fused-ring (bicyclic) bond motifs is 1. The number of hydrogen-bond acceptors (Lipinski definition) is 3. The van der Waals surface area contributed by atoms with Crippen LogP contribution in [0.2, 0.25) is 0 Å². The minimum atomic E-state index is -0.0948. The van der Waals surface area contributed by atoms with Gasteiger partial charge in [0.15, 0.2) is 0 Å².